The predicted octanol–water partition coefficient (Wildman–Crippen LogP) is 5.64. The van der Waals surface area contributed by atoms with Crippen LogP contribution in [-0.4, -0.2) is 31.6 Å². The van der Waals surface area contributed by atoms with Gasteiger partial charge in [0.05, 0.1) is 0 Å². The van der Waals surface area contributed by atoms with Crippen LogP contribution in [-0.2, 0) is 10.3 Å². The maximum absolute atomic E-state index is 6.58. The van der Waals surface area contributed by atoms with Crippen LogP contribution in [0.5, 0.6) is 0 Å². The summed E-state index contributed by atoms with van der Waals surface area (Å²) in [6.45, 7) is 9.16. The molecule has 0 spiro atoms. The lowest BCUT2D eigenvalue weighted by molar-refractivity contribution is -0.0288. The molecule has 0 aromatic heterocycles. The van der Waals surface area contributed by atoms with E-state index in [-0.39, 0.29) is 0 Å². The van der Waals surface area contributed by atoms with Crippen molar-refractivity contribution in [1.29, 1.82) is 0 Å². The van der Waals surface area contributed by atoms with Crippen LogP contribution in [0, 0.1) is 0 Å². The average molecular weight is 352 g/mol. The molecule has 0 unspecified atom stereocenters. The average Bonchev–Trinajstić information content (AvgIpc) is 2.68. The molecule has 0 radical (unpaired) electrons. The Morgan fingerprint density at radius 3 is 1.96 bits per heavy atom. The largest absolute Gasteiger partial charge is 0.366 e. The summed E-state index contributed by atoms with van der Waals surface area (Å²) in [5, 5.41) is 0. The molecular formula is C24H33NO. The molecule has 2 heteroatoms. The zero-order valence-corrected chi connectivity index (χ0v) is 16.7. The van der Waals surface area contributed by atoms with Gasteiger partial charge >= 0.3 is 0 Å². The summed E-state index contributed by atoms with van der Waals surface area (Å²) in [6.07, 6.45) is 4.21. The van der Waals surface area contributed by atoms with E-state index in [0.717, 1.165) is 32.5 Å². The minimum Gasteiger partial charge on any atom is -0.366 e. The van der Waals surface area contributed by atoms with Gasteiger partial charge in [-0.15, -0.1) is 0 Å². The van der Waals surface area contributed by atoms with Crippen LogP contribution in [0.25, 0.3) is 0 Å². The first kappa shape index (κ1) is 20.4. The third-order valence-corrected chi connectivity index (χ3v) is 4.69. The fraction of sp³-hybridized carbons (Fsp3) is 0.417. The highest BCUT2D eigenvalue weighted by molar-refractivity contribution is 5.36. The van der Waals surface area contributed by atoms with Crippen molar-refractivity contribution >= 4 is 0 Å². The van der Waals surface area contributed by atoms with E-state index in [0.29, 0.717) is 0 Å². The van der Waals surface area contributed by atoms with Gasteiger partial charge in [-0.05, 0) is 44.9 Å². The Balaban J connectivity index is 2.34. The highest BCUT2D eigenvalue weighted by Crippen LogP contribution is 2.37. The lowest BCUT2D eigenvalue weighted by Gasteiger charge is -2.36. The van der Waals surface area contributed by atoms with Crippen molar-refractivity contribution in [2.75, 3.05) is 26.7 Å². The Labute approximate surface area is 159 Å². The molecule has 2 rings (SSSR count). The Bertz CT molecular complexity index is 620. The molecule has 0 saturated carbocycles. The fourth-order valence-electron chi connectivity index (χ4n) is 3.16. The number of benzene rings is 2. The molecule has 2 aromatic rings. The molecule has 2 nitrogen and oxygen atoms in total. The first-order chi connectivity index (χ1) is 12.6. The second-order valence-electron chi connectivity index (χ2n) is 7.20. The Morgan fingerprint density at radius 2 is 1.50 bits per heavy atom. The van der Waals surface area contributed by atoms with E-state index < -0.39 is 5.60 Å². The summed E-state index contributed by atoms with van der Waals surface area (Å²) < 4.78 is 6.58. The van der Waals surface area contributed by atoms with E-state index in [9.17, 15) is 0 Å². The van der Waals surface area contributed by atoms with Gasteiger partial charge in [0.15, 0.2) is 0 Å². The van der Waals surface area contributed by atoms with Crippen molar-refractivity contribution in [3.8, 4) is 0 Å². The predicted molar refractivity (Wildman–Crippen MR) is 111 cm³/mol. The molecular weight excluding hydrogens is 318 g/mol. The van der Waals surface area contributed by atoms with Gasteiger partial charge in [0.2, 0.25) is 0 Å². The van der Waals surface area contributed by atoms with Gasteiger partial charge in [-0.2, -0.15) is 0 Å². The second-order valence-corrected chi connectivity index (χ2v) is 7.20. The molecule has 0 saturated heterocycles. The number of ether oxygens (including phenoxy) is 1. The van der Waals surface area contributed by atoms with Crippen molar-refractivity contribution in [2.45, 2.75) is 39.2 Å². The zero-order chi connectivity index (χ0) is 18.8. The summed E-state index contributed by atoms with van der Waals surface area (Å²) in [5.74, 6) is 0. The summed E-state index contributed by atoms with van der Waals surface area (Å²) in [5.41, 5.74) is 3.42. The second kappa shape index (κ2) is 10.3. The van der Waals surface area contributed by atoms with E-state index >= 15 is 0 Å². The van der Waals surface area contributed by atoms with Gasteiger partial charge in [-0.1, -0.05) is 79.2 Å². The van der Waals surface area contributed by atoms with Crippen molar-refractivity contribution < 1.29 is 4.74 Å². The molecule has 0 N–H and O–H groups in total. The monoisotopic (exact) mass is 351 g/mol. The van der Waals surface area contributed by atoms with Crippen LogP contribution in [0.15, 0.2) is 72.3 Å². The third kappa shape index (κ3) is 5.55. The number of nitrogens with zero attached hydrogens (tertiary/aromatic N) is 1. The minimum absolute atomic E-state index is 0.405. The van der Waals surface area contributed by atoms with Crippen LogP contribution in [0.3, 0.4) is 0 Å². The molecule has 0 fully saturated rings. The molecule has 2 aromatic carbocycles. The van der Waals surface area contributed by atoms with Crippen LogP contribution in [0.4, 0.5) is 0 Å². The summed E-state index contributed by atoms with van der Waals surface area (Å²) in [7, 11) is 2.18. The smallest absolute Gasteiger partial charge is 0.119 e. The number of likely N-dealkylation sites (N-methyl/N-ethyl adjacent to an activating group) is 1. The van der Waals surface area contributed by atoms with Gasteiger partial charge in [0.25, 0.3) is 0 Å². The number of allylic oxidation sites excluding steroid dienone is 1. The standard InChI is InChI=1S/C24H33NO/c1-5-20-26-24(22-12-8-6-9-13-22,23-14-10-7-11-15-23)17-19-25(4)18-16-21(2)3/h6-16H,5,17-20H2,1-4H3. The molecule has 0 amide bonds. The van der Waals surface area contributed by atoms with Crippen molar-refractivity contribution in [3.05, 3.63) is 83.4 Å². The normalized spacial score (nSPS) is 11.6. The first-order valence-electron chi connectivity index (χ1n) is 9.65. The number of hydrogen-bond donors (Lipinski definition) is 0. The van der Waals surface area contributed by atoms with Crippen molar-refractivity contribution in [1.82, 2.24) is 4.90 Å². The third-order valence-electron chi connectivity index (χ3n) is 4.69. The molecule has 0 bridgehead atoms. The van der Waals surface area contributed by atoms with Gasteiger partial charge in [-0.3, -0.25) is 0 Å². The van der Waals surface area contributed by atoms with E-state index in [4.69, 9.17) is 4.74 Å². The van der Waals surface area contributed by atoms with Crippen molar-refractivity contribution in [3.63, 3.8) is 0 Å². The maximum Gasteiger partial charge on any atom is 0.119 e. The number of rotatable bonds is 10. The van der Waals surface area contributed by atoms with E-state index in [1.54, 1.807) is 0 Å². The van der Waals surface area contributed by atoms with Gasteiger partial charge in [0, 0.05) is 19.7 Å². The maximum atomic E-state index is 6.58. The Kier molecular flexibility index (Phi) is 8.08. The van der Waals surface area contributed by atoms with E-state index in [1.165, 1.54) is 16.7 Å². The molecule has 0 heterocycles. The quantitative estimate of drug-likeness (QED) is 0.513. The van der Waals surface area contributed by atoms with Gasteiger partial charge in [0.1, 0.15) is 5.60 Å². The zero-order valence-electron chi connectivity index (χ0n) is 16.7. The Hall–Kier alpha value is -1.90. The van der Waals surface area contributed by atoms with Crippen LogP contribution in [0.2, 0.25) is 0 Å². The molecule has 0 aliphatic heterocycles. The number of hydrogen-bond acceptors (Lipinski definition) is 2. The highest BCUT2D eigenvalue weighted by atomic mass is 16.5. The Morgan fingerprint density at radius 1 is 0.962 bits per heavy atom. The highest BCUT2D eigenvalue weighted by Gasteiger charge is 2.35. The summed E-state index contributed by atoms with van der Waals surface area (Å²) in [6, 6.07) is 21.3. The summed E-state index contributed by atoms with van der Waals surface area (Å²) in [4.78, 5) is 2.36. The fourth-order valence-corrected chi connectivity index (χ4v) is 3.16. The van der Waals surface area contributed by atoms with Gasteiger partial charge < -0.3 is 9.64 Å². The van der Waals surface area contributed by atoms with E-state index in [1.807, 2.05) is 0 Å². The molecule has 0 aliphatic carbocycles. The van der Waals surface area contributed by atoms with Crippen LogP contribution >= 0.6 is 0 Å². The van der Waals surface area contributed by atoms with Gasteiger partial charge in [-0.25, -0.2) is 0 Å². The van der Waals surface area contributed by atoms with Crippen LogP contribution in [0.1, 0.15) is 44.7 Å². The topological polar surface area (TPSA) is 12.5 Å². The lowest BCUT2D eigenvalue weighted by atomic mass is 9.83. The molecule has 140 valence electrons. The molecule has 26 heavy (non-hydrogen) atoms. The SMILES string of the molecule is CCCOC(CCN(C)CC=C(C)C)(c1ccccc1)c1ccccc1. The summed E-state index contributed by atoms with van der Waals surface area (Å²) >= 11 is 0. The van der Waals surface area contributed by atoms with E-state index in [2.05, 4.69) is 99.5 Å². The van der Waals surface area contributed by atoms with Crippen molar-refractivity contribution in [2.24, 2.45) is 0 Å². The minimum atomic E-state index is -0.405. The lowest BCUT2D eigenvalue weighted by Crippen LogP contribution is -2.36. The molecule has 0 atom stereocenters. The van der Waals surface area contributed by atoms with Crippen LogP contribution < -0.4 is 0 Å². The first-order valence-corrected chi connectivity index (χ1v) is 9.65. The molecule has 0 aliphatic rings.